The molecule has 0 atom stereocenters. The van der Waals surface area contributed by atoms with E-state index in [2.05, 4.69) is 0 Å². The first-order valence-electron chi connectivity index (χ1n) is 4.65. The first kappa shape index (κ1) is 10.1. The standard InChI is InChI=1S/C11H10BFO2/c1-7-6-10(12(14)15)11(13)9-5-3-2-4-8(7)9/h2-6,14-15H,1H3. The molecule has 2 rings (SSSR count). The zero-order valence-corrected chi connectivity index (χ0v) is 8.24. The van der Waals surface area contributed by atoms with Crippen LogP contribution in [0, 0.1) is 12.7 Å². The van der Waals surface area contributed by atoms with Gasteiger partial charge in [0, 0.05) is 10.8 Å². The topological polar surface area (TPSA) is 40.5 Å². The first-order chi connectivity index (χ1) is 7.11. The maximum Gasteiger partial charge on any atom is 0.491 e. The fraction of sp³-hybridized carbons (Fsp3) is 0.0909. The molecular weight excluding hydrogens is 194 g/mol. The minimum atomic E-state index is -1.77. The van der Waals surface area contributed by atoms with E-state index in [1.54, 1.807) is 18.2 Å². The number of aryl methyl sites for hydroxylation is 1. The Kier molecular flexibility index (Phi) is 2.46. The van der Waals surface area contributed by atoms with Gasteiger partial charge in [-0.25, -0.2) is 4.39 Å². The van der Waals surface area contributed by atoms with E-state index in [0.717, 1.165) is 10.9 Å². The van der Waals surface area contributed by atoms with Crippen LogP contribution in [0.25, 0.3) is 10.8 Å². The Hall–Kier alpha value is -1.39. The highest BCUT2D eigenvalue weighted by molar-refractivity contribution is 6.59. The molecule has 0 aliphatic rings. The lowest BCUT2D eigenvalue weighted by molar-refractivity contribution is 0.423. The molecular formula is C11H10BFO2. The van der Waals surface area contributed by atoms with E-state index in [9.17, 15) is 4.39 Å². The van der Waals surface area contributed by atoms with Gasteiger partial charge in [-0.15, -0.1) is 0 Å². The third-order valence-corrected chi connectivity index (χ3v) is 2.49. The second-order valence-electron chi connectivity index (χ2n) is 3.52. The first-order valence-corrected chi connectivity index (χ1v) is 4.65. The highest BCUT2D eigenvalue weighted by atomic mass is 19.1. The van der Waals surface area contributed by atoms with Crippen molar-refractivity contribution in [1.29, 1.82) is 0 Å². The molecule has 0 saturated carbocycles. The molecule has 0 aliphatic heterocycles. The number of fused-ring (bicyclic) bond motifs is 1. The van der Waals surface area contributed by atoms with Crippen LogP contribution < -0.4 is 5.46 Å². The molecule has 0 radical (unpaired) electrons. The van der Waals surface area contributed by atoms with Gasteiger partial charge in [0.05, 0.1) is 0 Å². The van der Waals surface area contributed by atoms with Gasteiger partial charge in [-0.3, -0.25) is 0 Å². The average Bonchev–Trinajstić information content (AvgIpc) is 2.23. The smallest absolute Gasteiger partial charge is 0.423 e. The number of hydrogen-bond donors (Lipinski definition) is 2. The molecule has 0 aromatic heterocycles. The zero-order chi connectivity index (χ0) is 11.0. The van der Waals surface area contributed by atoms with Crippen LogP contribution in [0.3, 0.4) is 0 Å². The van der Waals surface area contributed by atoms with Crippen molar-refractivity contribution < 1.29 is 14.4 Å². The summed E-state index contributed by atoms with van der Waals surface area (Å²) in [6.07, 6.45) is 0. The Bertz CT molecular complexity index is 511. The quantitative estimate of drug-likeness (QED) is 0.679. The molecule has 0 heterocycles. The molecule has 0 unspecified atom stereocenters. The molecule has 4 heteroatoms. The minimum Gasteiger partial charge on any atom is -0.423 e. The van der Waals surface area contributed by atoms with Gasteiger partial charge in [0.25, 0.3) is 0 Å². The van der Waals surface area contributed by atoms with Crippen LogP contribution in [0.2, 0.25) is 0 Å². The molecule has 2 aromatic carbocycles. The van der Waals surface area contributed by atoms with Gasteiger partial charge in [0.1, 0.15) is 5.82 Å². The molecule has 0 fully saturated rings. The Morgan fingerprint density at radius 2 is 1.73 bits per heavy atom. The SMILES string of the molecule is Cc1cc(B(O)O)c(F)c2ccccc12. The van der Waals surface area contributed by atoms with Gasteiger partial charge in [0.15, 0.2) is 0 Å². The lowest BCUT2D eigenvalue weighted by Crippen LogP contribution is -2.33. The van der Waals surface area contributed by atoms with Crippen molar-refractivity contribution in [2.45, 2.75) is 6.92 Å². The summed E-state index contributed by atoms with van der Waals surface area (Å²) in [6.45, 7) is 1.81. The van der Waals surface area contributed by atoms with E-state index in [4.69, 9.17) is 10.0 Å². The third kappa shape index (κ3) is 1.62. The molecule has 0 spiro atoms. The van der Waals surface area contributed by atoms with Crippen molar-refractivity contribution in [3.63, 3.8) is 0 Å². The summed E-state index contributed by atoms with van der Waals surface area (Å²) in [5, 5.41) is 19.2. The van der Waals surface area contributed by atoms with E-state index in [1.807, 2.05) is 13.0 Å². The molecule has 2 N–H and O–H groups in total. The van der Waals surface area contributed by atoms with Gasteiger partial charge in [-0.05, 0) is 17.9 Å². The Labute approximate surface area is 87.1 Å². The van der Waals surface area contributed by atoms with Crippen LogP contribution in [0.5, 0.6) is 0 Å². The Balaban J connectivity index is 2.84. The maximum absolute atomic E-state index is 13.8. The van der Waals surface area contributed by atoms with E-state index < -0.39 is 12.9 Å². The monoisotopic (exact) mass is 204 g/mol. The number of benzene rings is 2. The number of hydrogen-bond acceptors (Lipinski definition) is 2. The molecule has 15 heavy (non-hydrogen) atoms. The summed E-state index contributed by atoms with van der Waals surface area (Å²) in [5.74, 6) is -0.564. The van der Waals surface area contributed by atoms with E-state index in [0.29, 0.717) is 5.39 Å². The molecule has 0 aliphatic carbocycles. The molecule has 76 valence electrons. The predicted molar refractivity (Wildman–Crippen MR) is 58.5 cm³/mol. The fourth-order valence-electron chi connectivity index (χ4n) is 1.74. The maximum atomic E-state index is 13.8. The van der Waals surface area contributed by atoms with Crippen LogP contribution in [0.4, 0.5) is 4.39 Å². The van der Waals surface area contributed by atoms with Crippen LogP contribution in [-0.2, 0) is 0 Å². The van der Waals surface area contributed by atoms with Crippen molar-refractivity contribution in [2.24, 2.45) is 0 Å². The lowest BCUT2D eigenvalue weighted by atomic mass is 9.77. The van der Waals surface area contributed by atoms with Gasteiger partial charge in [-0.1, -0.05) is 30.3 Å². The van der Waals surface area contributed by atoms with Gasteiger partial charge in [0.2, 0.25) is 0 Å². The van der Waals surface area contributed by atoms with Crippen molar-refractivity contribution >= 4 is 23.4 Å². The summed E-state index contributed by atoms with van der Waals surface area (Å²) >= 11 is 0. The second kappa shape index (κ2) is 3.64. The van der Waals surface area contributed by atoms with Crippen molar-refractivity contribution in [2.75, 3.05) is 0 Å². The molecule has 0 amide bonds. The summed E-state index contributed by atoms with van der Waals surface area (Å²) in [7, 11) is -1.77. The van der Waals surface area contributed by atoms with Crippen LogP contribution in [-0.4, -0.2) is 17.2 Å². The Morgan fingerprint density at radius 1 is 1.13 bits per heavy atom. The fourth-order valence-corrected chi connectivity index (χ4v) is 1.74. The highest BCUT2D eigenvalue weighted by Gasteiger charge is 2.19. The van der Waals surface area contributed by atoms with Crippen LogP contribution >= 0.6 is 0 Å². The minimum absolute atomic E-state index is 0.0776. The third-order valence-electron chi connectivity index (χ3n) is 2.49. The molecule has 0 saturated heterocycles. The Morgan fingerprint density at radius 3 is 2.33 bits per heavy atom. The van der Waals surface area contributed by atoms with E-state index in [-0.39, 0.29) is 5.46 Å². The van der Waals surface area contributed by atoms with E-state index >= 15 is 0 Å². The number of halogens is 1. The van der Waals surface area contributed by atoms with Crippen molar-refractivity contribution in [3.8, 4) is 0 Å². The van der Waals surface area contributed by atoms with Crippen molar-refractivity contribution in [3.05, 3.63) is 41.7 Å². The van der Waals surface area contributed by atoms with Crippen LogP contribution in [0.15, 0.2) is 30.3 Å². The zero-order valence-electron chi connectivity index (χ0n) is 8.24. The average molecular weight is 204 g/mol. The second-order valence-corrected chi connectivity index (χ2v) is 3.52. The van der Waals surface area contributed by atoms with Crippen LogP contribution in [0.1, 0.15) is 5.56 Å². The number of rotatable bonds is 1. The summed E-state index contributed by atoms with van der Waals surface area (Å²) in [5.41, 5.74) is 0.751. The summed E-state index contributed by atoms with van der Waals surface area (Å²) < 4.78 is 13.8. The van der Waals surface area contributed by atoms with Gasteiger partial charge >= 0.3 is 7.12 Å². The molecule has 2 aromatic rings. The molecule has 0 bridgehead atoms. The lowest BCUT2D eigenvalue weighted by Gasteiger charge is -2.08. The van der Waals surface area contributed by atoms with Gasteiger partial charge < -0.3 is 10.0 Å². The van der Waals surface area contributed by atoms with Gasteiger partial charge in [-0.2, -0.15) is 0 Å². The highest BCUT2D eigenvalue weighted by Crippen LogP contribution is 2.19. The van der Waals surface area contributed by atoms with Crippen molar-refractivity contribution in [1.82, 2.24) is 0 Å². The normalized spacial score (nSPS) is 10.7. The van der Waals surface area contributed by atoms with E-state index in [1.165, 1.54) is 6.07 Å². The summed E-state index contributed by atoms with van der Waals surface area (Å²) in [6, 6.07) is 8.44. The predicted octanol–water partition coefficient (Wildman–Crippen LogP) is 0.967. The molecule has 2 nitrogen and oxygen atoms in total. The largest absolute Gasteiger partial charge is 0.491 e. The summed E-state index contributed by atoms with van der Waals surface area (Å²) in [4.78, 5) is 0.